The van der Waals surface area contributed by atoms with Crippen molar-refractivity contribution < 1.29 is 9.13 Å². The summed E-state index contributed by atoms with van der Waals surface area (Å²) in [5.41, 5.74) is 6.96. The molecular weight excluding hydrogens is 277 g/mol. The molecule has 1 fully saturated rings. The number of hydrogen-bond donors (Lipinski definition) is 2. The molecular formula is C14H20FN3OS. The third kappa shape index (κ3) is 4.40. The normalized spacial score (nSPS) is 16.1. The van der Waals surface area contributed by atoms with Gasteiger partial charge in [-0.15, -0.1) is 0 Å². The number of hydrogen-bond acceptors (Lipinski definition) is 4. The van der Waals surface area contributed by atoms with Gasteiger partial charge < -0.3 is 15.8 Å². The number of nitrogens with two attached hydrogens (primary N) is 1. The summed E-state index contributed by atoms with van der Waals surface area (Å²) in [6, 6.07) is 4.46. The van der Waals surface area contributed by atoms with Gasteiger partial charge in [0.2, 0.25) is 0 Å². The molecule has 0 aliphatic carbocycles. The van der Waals surface area contributed by atoms with E-state index in [0.29, 0.717) is 5.56 Å². The molecule has 0 atom stereocenters. The minimum atomic E-state index is -0.327. The summed E-state index contributed by atoms with van der Waals surface area (Å²) in [4.78, 5) is 2.59. The molecule has 20 heavy (non-hydrogen) atoms. The van der Waals surface area contributed by atoms with E-state index in [9.17, 15) is 4.39 Å². The quantitative estimate of drug-likeness (QED) is 0.617. The summed E-state index contributed by atoms with van der Waals surface area (Å²) in [5, 5.41) is 3.27. The van der Waals surface area contributed by atoms with Gasteiger partial charge in [0.05, 0.1) is 13.2 Å². The van der Waals surface area contributed by atoms with Crippen molar-refractivity contribution in [1.82, 2.24) is 4.90 Å². The van der Waals surface area contributed by atoms with Crippen molar-refractivity contribution in [2.24, 2.45) is 5.73 Å². The maximum atomic E-state index is 13.2. The first-order valence-electron chi connectivity index (χ1n) is 6.80. The Morgan fingerprint density at radius 1 is 1.40 bits per heavy atom. The SMILES string of the molecule is NC(=S)c1cc(F)ccc1NCCCN1CCOCC1. The van der Waals surface area contributed by atoms with E-state index < -0.39 is 0 Å². The highest BCUT2D eigenvalue weighted by atomic mass is 32.1. The van der Waals surface area contributed by atoms with Crippen LogP contribution in [0.2, 0.25) is 0 Å². The number of morpholine rings is 1. The molecule has 1 aliphatic heterocycles. The molecule has 6 heteroatoms. The molecule has 1 aliphatic rings. The first-order valence-corrected chi connectivity index (χ1v) is 7.21. The number of halogens is 1. The molecule has 0 spiro atoms. The fourth-order valence-corrected chi connectivity index (χ4v) is 2.39. The molecule has 0 bridgehead atoms. The molecule has 1 aromatic carbocycles. The lowest BCUT2D eigenvalue weighted by atomic mass is 10.1. The fraction of sp³-hybridized carbons (Fsp3) is 0.500. The first-order chi connectivity index (χ1) is 9.66. The molecule has 0 unspecified atom stereocenters. The Morgan fingerprint density at radius 3 is 2.85 bits per heavy atom. The van der Waals surface area contributed by atoms with Gasteiger partial charge in [-0.25, -0.2) is 4.39 Å². The monoisotopic (exact) mass is 297 g/mol. The second-order valence-corrected chi connectivity index (χ2v) is 5.23. The van der Waals surface area contributed by atoms with Crippen molar-refractivity contribution in [2.45, 2.75) is 6.42 Å². The van der Waals surface area contributed by atoms with Crippen LogP contribution in [0, 0.1) is 5.82 Å². The van der Waals surface area contributed by atoms with Crippen LogP contribution in [-0.2, 0) is 4.74 Å². The highest BCUT2D eigenvalue weighted by Crippen LogP contribution is 2.17. The summed E-state index contributed by atoms with van der Waals surface area (Å²) in [7, 11) is 0. The van der Waals surface area contributed by atoms with Crippen molar-refractivity contribution in [2.75, 3.05) is 44.7 Å². The number of rotatable bonds is 6. The molecule has 110 valence electrons. The molecule has 1 heterocycles. The third-order valence-corrected chi connectivity index (χ3v) is 3.54. The molecule has 4 nitrogen and oxygen atoms in total. The standard InChI is InChI=1S/C14H20FN3OS/c15-11-2-3-13(12(10-11)14(16)20)17-4-1-5-18-6-8-19-9-7-18/h2-3,10,17H,1,4-9H2,(H2,16,20). The number of benzene rings is 1. The Morgan fingerprint density at radius 2 is 2.15 bits per heavy atom. The van der Waals surface area contributed by atoms with Crippen LogP contribution in [0.15, 0.2) is 18.2 Å². The van der Waals surface area contributed by atoms with Crippen molar-refractivity contribution in [3.05, 3.63) is 29.6 Å². The topological polar surface area (TPSA) is 50.5 Å². The van der Waals surface area contributed by atoms with Crippen LogP contribution in [0.25, 0.3) is 0 Å². The van der Waals surface area contributed by atoms with Gasteiger partial charge in [-0.3, -0.25) is 4.90 Å². The number of thiocarbonyl (C=S) groups is 1. The predicted molar refractivity (Wildman–Crippen MR) is 82.7 cm³/mol. The molecule has 3 N–H and O–H groups in total. The van der Waals surface area contributed by atoms with Gasteiger partial charge in [-0.05, 0) is 31.2 Å². The molecule has 2 rings (SSSR count). The summed E-state index contributed by atoms with van der Waals surface area (Å²) in [6.45, 7) is 5.45. The summed E-state index contributed by atoms with van der Waals surface area (Å²) in [6.07, 6.45) is 1.01. The van der Waals surface area contributed by atoms with Crippen molar-refractivity contribution in [3.63, 3.8) is 0 Å². The fourth-order valence-electron chi connectivity index (χ4n) is 2.22. The molecule has 1 saturated heterocycles. The van der Waals surface area contributed by atoms with Crippen molar-refractivity contribution >= 4 is 22.9 Å². The predicted octanol–water partition coefficient (Wildman–Crippen LogP) is 1.59. The number of nitrogens with zero attached hydrogens (tertiary/aromatic N) is 1. The lowest BCUT2D eigenvalue weighted by molar-refractivity contribution is 0.0378. The molecule has 0 radical (unpaired) electrons. The van der Waals surface area contributed by atoms with Crippen LogP contribution < -0.4 is 11.1 Å². The van der Waals surface area contributed by atoms with E-state index in [1.165, 1.54) is 12.1 Å². The second kappa shape index (κ2) is 7.52. The first kappa shape index (κ1) is 15.2. The van der Waals surface area contributed by atoms with E-state index in [0.717, 1.165) is 51.5 Å². The van der Waals surface area contributed by atoms with Gasteiger partial charge in [-0.1, -0.05) is 12.2 Å². The molecule has 0 amide bonds. The summed E-state index contributed by atoms with van der Waals surface area (Å²) < 4.78 is 18.5. The van der Waals surface area contributed by atoms with E-state index in [2.05, 4.69) is 10.2 Å². The Hall–Kier alpha value is -1.24. The third-order valence-electron chi connectivity index (χ3n) is 3.32. The lowest BCUT2D eigenvalue weighted by Gasteiger charge is -2.26. The van der Waals surface area contributed by atoms with Crippen LogP contribution in [-0.4, -0.2) is 49.3 Å². The van der Waals surface area contributed by atoms with Gasteiger partial charge >= 0.3 is 0 Å². The Bertz CT molecular complexity index is 464. The van der Waals surface area contributed by atoms with Crippen LogP contribution in [0.4, 0.5) is 10.1 Å². The van der Waals surface area contributed by atoms with Gasteiger partial charge in [-0.2, -0.15) is 0 Å². The smallest absolute Gasteiger partial charge is 0.124 e. The minimum Gasteiger partial charge on any atom is -0.389 e. The zero-order valence-corrected chi connectivity index (χ0v) is 12.2. The minimum absolute atomic E-state index is 0.208. The molecule has 0 saturated carbocycles. The highest BCUT2D eigenvalue weighted by molar-refractivity contribution is 7.80. The van der Waals surface area contributed by atoms with Gasteiger partial charge in [0.15, 0.2) is 0 Å². The van der Waals surface area contributed by atoms with E-state index in [1.54, 1.807) is 6.07 Å². The summed E-state index contributed by atoms with van der Waals surface area (Å²) >= 11 is 4.94. The highest BCUT2D eigenvalue weighted by Gasteiger charge is 2.10. The van der Waals surface area contributed by atoms with E-state index in [4.69, 9.17) is 22.7 Å². The maximum Gasteiger partial charge on any atom is 0.124 e. The Kier molecular flexibility index (Phi) is 5.70. The van der Waals surface area contributed by atoms with Crippen LogP contribution in [0.3, 0.4) is 0 Å². The van der Waals surface area contributed by atoms with Crippen LogP contribution in [0.1, 0.15) is 12.0 Å². The van der Waals surface area contributed by atoms with Gasteiger partial charge in [0.25, 0.3) is 0 Å². The Balaban J connectivity index is 1.80. The lowest BCUT2D eigenvalue weighted by Crippen LogP contribution is -2.37. The van der Waals surface area contributed by atoms with Crippen molar-refractivity contribution in [1.29, 1.82) is 0 Å². The van der Waals surface area contributed by atoms with Crippen molar-refractivity contribution in [3.8, 4) is 0 Å². The average Bonchev–Trinajstić information content (AvgIpc) is 2.45. The van der Waals surface area contributed by atoms with Crippen LogP contribution in [0.5, 0.6) is 0 Å². The zero-order chi connectivity index (χ0) is 14.4. The maximum absolute atomic E-state index is 13.2. The number of nitrogens with one attached hydrogen (secondary N) is 1. The average molecular weight is 297 g/mol. The van der Waals surface area contributed by atoms with Crippen LogP contribution >= 0.6 is 12.2 Å². The number of anilines is 1. The second-order valence-electron chi connectivity index (χ2n) is 4.79. The van der Waals surface area contributed by atoms with E-state index >= 15 is 0 Å². The largest absolute Gasteiger partial charge is 0.389 e. The van der Waals surface area contributed by atoms with E-state index in [1.807, 2.05) is 0 Å². The zero-order valence-electron chi connectivity index (χ0n) is 11.4. The van der Waals surface area contributed by atoms with E-state index in [-0.39, 0.29) is 10.8 Å². The van der Waals surface area contributed by atoms with Gasteiger partial charge in [0.1, 0.15) is 10.8 Å². The van der Waals surface area contributed by atoms with Gasteiger partial charge in [0, 0.05) is 30.9 Å². The molecule has 0 aromatic heterocycles. The number of ether oxygens (including phenoxy) is 1. The molecule has 1 aromatic rings. The Labute approximate surface area is 124 Å². The summed E-state index contributed by atoms with van der Waals surface area (Å²) in [5.74, 6) is -0.327.